The van der Waals surface area contributed by atoms with Crippen molar-refractivity contribution in [2.24, 2.45) is 5.92 Å². The molecule has 3 heterocycles. The summed E-state index contributed by atoms with van der Waals surface area (Å²) in [5.41, 5.74) is 4.68. The number of hydrogen-bond donors (Lipinski definition) is 1. The van der Waals surface area contributed by atoms with E-state index in [0.717, 1.165) is 53.2 Å². The lowest BCUT2D eigenvalue weighted by Crippen LogP contribution is -2.36. The first-order valence-corrected chi connectivity index (χ1v) is 22.3. The molecule has 336 valence electrons. The Morgan fingerprint density at radius 2 is 1.38 bits per heavy atom. The zero-order chi connectivity index (χ0) is 45.0. The maximum atomic E-state index is 14.1. The number of fused-ring (bicyclic) bond motifs is 5. The zero-order valence-corrected chi connectivity index (χ0v) is 39.4. The van der Waals surface area contributed by atoms with E-state index in [0.29, 0.717) is 57.3 Å². The molecule has 0 saturated carbocycles. The van der Waals surface area contributed by atoms with E-state index in [-0.39, 0.29) is 35.8 Å². The fourth-order valence-electron chi connectivity index (χ4n) is 7.03. The molecule has 0 bridgehead atoms. The van der Waals surface area contributed by atoms with E-state index in [1.807, 2.05) is 92.6 Å². The predicted octanol–water partition coefficient (Wildman–Crippen LogP) is 9.32. The van der Waals surface area contributed by atoms with Gasteiger partial charge in [-0.1, -0.05) is 80.6 Å². The van der Waals surface area contributed by atoms with Crippen LogP contribution in [0.4, 0.5) is 5.69 Å². The quantitative estimate of drug-likeness (QED) is 0.0870. The summed E-state index contributed by atoms with van der Waals surface area (Å²) in [6.45, 7) is 30.2. The van der Waals surface area contributed by atoms with Crippen molar-refractivity contribution >= 4 is 17.5 Å². The summed E-state index contributed by atoms with van der Waals surface area (Å²) in [7, 11) is 0. The molecule has 13 heteroatoms. The van der Waals surface area contributed by atoms with Crippen molar-refractivity contribution in [2.75, 3.05) is 31.3 Å². The lowest BCUT2D eigenvalue weighted by molar-refractivity contribution is -0.125. The SMILES string of the molecule is CC.Cc1cn(C(C)(C)CCOC(C)(C)CCn2nnc3c2-c2ccccc2CN(C(=O)CCC(=O)NCCC(C)(C)OCCC(C)(C)OCC(C)C)c2ccccc2-3)nn1. The number of nitrogens with one attached hydrogen (secondary N) is 1. The van der Waals surface area contributed by atoms with Crippen LogP contribution in [0.1, 0.15) is 133 Å². The van der Waals surface area contributed by atoms with Crippen LogP contribution in [0.2, 0.25) is 0 Å². The number of aromatic nitrogens is 6. The molecule has 0 atom stereocenters. The van der Waals surface area contributed by atoms with Gasteiger partial charge < -0.3 is 24.4 Å². The van der Waals surface area contributed by atoms with E-state index >= 15 is 0 Å². The number of benzene rings is 2. The fourth-order valence-corrected chi connectivity index (χ4v) is 7.03. The summed E-state index contributed by atoms with van der Waals surface area (Å²) in [5, 5.41) is 20.8. The number of amides is 2. The third kappa shape index (κ3) is 14.3. The number of nitrogens with zero attached hydrogens (tertiary/aromatic N) is 7. The normalized spacial score (nSPS) is 13.1. The first kappa shape index (κ1) is 49.2. The van der Waals surface area contributed by atoms with Crippen molar-refractivity contribution in [3.63, 3.8) is 0 Å². The molecule has 2 aromatic carbocycles. The highest BCUT2D eigenvalue weighted by molar-refractivity contribution is 6.01. The molecule has 0 radical (unpaired) electrons. The molecule has 0 fully saturated rings. The Hall–Kier alpha value is -4.46. The second-order valence-electron chi connectivity index (χ2n) is 18.8. The van der Waals surface area contributed by atoms with Gasteiger partial charge in [-0.15, -0.1) is 10.2 Å². The summed E-state index contributed by atoms with van der Waals surface area (Å²) >= 11 is 0. The standard InChI is InChI=1S/C46H68N8O5.C2H6/c1-33(2)32-59-46(10,11)25-29-58-44(6,7)22-26-47-39(55)20-21-40(56)52-31-35-16-12-13-17-36(35)42-41(37-18-14-15-19-38(37)52)49-50-53(42)27-23-45(8,9)57-28-24-43(4,5)54-30-34(3)48-51-54;1-2/h12-19,30,33H,20-29,31-32H2,1-11H3,(H,47,55);1-2H3. The van der Waals surface area contributed by atoms with Crippen LogP contribution in [0.5, 0.6) is 0 Å². The highest BCUT2D eigenvalue weighted by atomic mass is 16.5. The number of anilines is 1. The minimum Gasteiger partial charge on any atom is -0.375 e. The summed E-state index contributed by atoms with van der Waals surface area (Å²) in [6.07, 6.45) is 5.02. The molecule has 0 saturated heterocycles. The van der Waals surface area contributed by atoms with Crippen LogP contribution in [0.15, 0.2) is 54.7 Å². The van der Waals surface area contributed by atoms with Gasteiger partial charge in [-0.2, -0.15) is 0 Å². The van der Waals surface area contributed by atoms with Gasteiger partial charge in [-0.05, 0) is 106 Å². The second kappa shape index (κ2) is 21.6. The van der Waals surface area contributed by atoms with Crippen LogP contribution < -0.4 is 10.2 Å². The lowest BCUT2D eigenvalue weighted by Gasteiger charge is -2.30. The van der Waals surface area contributed by atoms with Crippen LogP contribution in [0.25, 0.3) is 22.5 Å². The van der Waals surface area contributed by atoms with E-state index in [2.05, 4.69) is 82.3 Å². The second-order valence-corrected chi connectivity index (χ2v) is 18.8. The van der Waals surface area contributed by atoms with Crippen molar-refractivity contribution in [3.05, 3.63) is 66.0 Å². The van der Waals surface area contributed by atoms with Crippen molar-refractivity contribution in [1.29, 1.82) is 0 Å². The Balaban J connectivity index is 0.00000403. The molecule has 1 aliphatic heterocycles. The van der Waals surface area contributed by atoms with Gasteiger partial charge in [-0.25, -0.2) is 9.36 Å². The van der Waals surface area contributed by atoms with E-state index in [1.54, 1.807) is 4.90 Å². The largest absolute Gasteiger partial charge is 0.375 e. The Kier molecular flexibility index (Phi) is 17.4. The monoisotopic (exact) mass is 843 g/mol. The minimum atomic E-state index is -0.425. The van der Waals surface area contributed by atoms with Gasteiger partial charge in [0.1, 0.15) is 5.69 Å². The van der Waals surface area contributed by atoms with E-state index in [9.17, 15) is 9.59 Å². The van der Waals surface area contributed by atoms with Crippen LogP contribution in [-0.4, -0.2) is 85.0 Å². The number of hydrogen-bond acceptors (Lipinski definition) is 9. The average Bonchev–Trinajstić information content (AvgIpc) is 3.84. The topological polar surface area (TPSA) is 139 Å². The van der Waals surface area contributed by atoms with Crippen LogP contribution in [0.3, 0.4) is 0 Å². The highest BCUT2D eigenvalue weighted by Crippen LogP contribution is 2.41. The van der Waals surface area contributed by atoms with Gasteiger partial charge in [-0.3, -0.25) is 9.59 Å². The van der Waals surface area contributed by atoms with Gasteiger partial charge in [0.25, 0.3) is 0 Å². The smallest absolute Gasteiger partial charge is 0.227 e. The fraction of sp³-hybridized carbons (Fsp3) is 0.625. The molecule has 4 aromatic rings. The van der Waals surface area contributed by atoms with Crippen molar-refractivity contribution in [2.45, 2.75) is 164 Å². The number of rotatable bonds is 21. The Morgan fingerprint density at radius 3 is 2.05 bits per heavy atom. The molecule has 2 amide bonds. The number of carbonyl (C=O) groups is 2. The van der Waals surface area contributed by atoms with Gasteiger partial charge in [0.15, 0.2) is 0 Å². The predicted molar refractivity (Wildman–Crippen MR) is 243 cm³/mol. The van der Waals surface area contributed by atoms with Crippen LogP contribution >= 0.6 is 0 Å². The molecule has 1 aliphatic rings. The Bertz CT molecular complexity index is 2010. The Morgan fingerprint density at radius 1 is 0.754 bits per heavy atom. The summed E-state index contributed by atoms with van der Waals surface area (Å²) in [5.74, 6) is 0.181. The molecule has 2 aromatic heterocycles. The van der Waals surface area contributed by atoms with Gasteiger partial charge in [0, 0.05) is 56.5 Å². The number of carbonyl (C=O) groups excluding carboxylic acids is 2. The number of para-hydroxylation sites is 1. The maximum absolute atomic E-state index is 14.1. The summed E-state index contributed by atoms with van der Waals surface area (Å²) in [6, 6.07) is 15.9. The summed E-state index contributed by atoms with van der Waals surface area (Å²) < 4.78 is 22.6. The molecule has 5 rings (SSSR count). The van der Waals surface area contributed by atoms with Crippen LogP contribution in [0, 0.1) is 12.8 Å². The van der Waals surface area contributed by atoms with Gasteiger partial charge in [0.2, 0.25) is 11.8 Å². The molecule has 0 spiro atoms. The summed E-state index contributed by atoms with van der Waals surface area (Å²) in [4.78, 5) is 28.9. The zero-order valence-electron chi connectivity index (χ0n) is 39.4. The van der Waals surface area contributed by atoms with Crippen molar-refractivity contribution in [1.82, 2.24) is 35.3 Å². The minimum absolute atomic E-state index is 0.0674. The number of ether oxygens (including phenoxy) is 3. The average molecular weight is 843 g/mol. The van der Waals surface area contributed by atoms with E-state index in [4.69, 9.17) is 19.3 Å². The van der Waals surface area contributed by atoms with Crippen molar-refractivity contribution in [3.8, 4) is 22.5 Å². The first-order chi connectivity index (χ1) is 28.8. The third-order valence-corrected chi connectivity index (χ3v) is 11.1. The van der Waals surface area contributed by atoms with Crippen LogP contribution in [-0.2, 0) is 42.4 Å². The Labute approximate surface area is 365 Å². The molecule has 0 unspecified atom stereocenters. The van der Waals surface area contributed by atoms with Gasteiger partial charge in [0.05, 0.1) is 52.6 Å². The number of aryl methyl sites for hydroxylation is 2. The first-order valence-electron chi connectivity index (χ1n) is 22.3. The van der Waals surface area contributed by atoms with Gasteiger partial charge >= 0.3 is 0 Å². The van der Waals surface area contributed by atoms with Crippen molar-refractivity contribution < 1.29 is 23.8 Å². The molecule has 1 N–H and O–H groups in total. The molecule has 61 heavy (non-hydrogen) atoms. The molecular formula is C48H74N8O5. The third-order valence-electron chi connectivity index (χ3n) is 11.1. The molecule has 0 aliphatic carbocycles. The van der Waals surface area contributed by atoms with E-state index < -0.39 is 11.2 Å². The highest BCUT2D eigenvalue weighted by Gasteiger charge is 2.31. The maximum Gasteiger partial charge on any atom is 0.227 e. The molecule has 13 nitrogen and oxygen atoms in total. The molecular weight excluding hydrogens is 769 g/mol. The van der Waals surface area contributed by atoms with E-state index in [1.165, 1.54) is 0 Å². The lowest BCUT2D eigenvalue weighted by atomic mass is 9.95.